The summed E-state index contributed by atoms with van der Waals surface area (Å²) in [5, 5.41) is 11.9. The zero-order valence-corrected chi connectivity index (χ0v) is 12.3. The number of hydrogen-bond acceptors (Lipinski definition) is 5. The number of carbonyl (C=O) groups is 2. The summed E-state index contributed by atoms with van der Waals surface area (Å²) in [6, 6.07) is 0. The molecule has 1 aliphatic heterocycles. The minimum Gasteiger partial charge on any atom is -0.288 e. The van der Waals surface area contributed by atoms with Gasteiger partial charge in [-0.15, -0.1) is 5.10 Å². The molecule has 24 heavy (non-hydrogen) atoms. The molecule has 0 saturated carbocycles. The fourth-order valence-electron chi connectivity index (χ4n) is 2.71. The van der Waals surface area contributed by atoms with Gasteiger partial charge >= 0.3 is 6.18 Å². The van der Waals surface area contributed by atoms with Crippen molar-refractivity contribution >= 4 is 11.8 Å². The second-order valence-electron chi connectivity index (χ2n) is 5.04. The van der Waals surface area contributed by atoms with Crippen molar-refractivity contribution in [1.29, 1.82) is 0 Å². The molecular weight excluding hydrogens is 334 g/mol. The third-order valence-electron chi connectivity index (χ3n) is 3.71. The van der Waals surface area contributed by atoms with Gasteiger partial charge in [-0.2, -0.15) is 13.2 Å². The fourth-order valence-corrected chi connectivity index (χ4v) is 2.71. The van der Waals surface area contributed by atoms with Crippen molar-refractivity contribution in [1.82, 2.24) is 25.5 Å². The molecule has 7 nitrogen and oxygen atoms in total. The van der Waals surface area contributed by atoms with Crippen molar-refractivity contribution in [2.24, 2.45) is 0 Å². The molecule has 2 aromatic rings. The second kappa shape index (κ2) is 5.08. The number of carbonyl (C=O) groups excluding carboxylic acids is 2. The molecule has 0 fully saturated rings. The first-order valence-electron chi connectivity index (χ1n) is 6.73. The van der Waals surface area contributed by atoms with Gasteiger partial charge in [0, 0.05) is 6.54 Å². The van der Waals surface area contributed by atoms with Crippen LogP contribution in [0.2, 0.25) is 0 Å². The van der Waals surface area contributed by atoms with Crippen LogP contribution in [0.3, 0.4) is 0 Å². The minimum absolute atomic E-state index is 0.0672. The zero-order valence-electron chi connectivity index (χ0n) is 12.3. The lowest BCUT2D eigenvalue weighted by atomic mass is 9.87. The molecule has 0 saturated heterocycles. The van der Waals surface area contributed by atoms with Crippen molar-refractivity contribution < 1.29 is 27.2 Å². The van der Waals surface area contributed by atoms with Crippen LogP contribution in [0.15, 0.2) is 0 Å². The molecule has 3 rings (SSSR count). The highest BCUT2D eigenvalue weighted by Gasteiger charge is 2.46. The van der Waals surface area contributed by atoms with Crippen LogP contribution in [0.25, 0.3) is 11.4 Å². The highest BCUT2D eigenvalue weighted by Crippen LogP contribution is 2.44. The molecule has 2 heterocycles. The Hall–Kier alpha value is -2.85. The van der Waals surface area contributed by atoms with Crippen LogP contribution in [-0.2, 0) is 12.7 Å². The Labute approximate surface area is 131 Å². The average molecular weight is 343 g/mol. The molecule has 1 N–H and O–H groups in total. The number of aryl methyl sites for hydroxylation is 1. The van der Waals surface area contributed by atoms with E-state index in [4.69, 9.17) is 0 Å². The van der Waals surface area contributed by atoms with Gasteiger partial charge in [0.25, 0.3) is 11.8 Å². The predicted molar refractivity (Wildman–Crippen MR) is 70.4 cm³/mol. The molecule has 1 aliphatic rings. The van der Waals surface area contributed by atoms with Gasteiger partial charge in [0.15, 0.2) is 5.82 Å². The molecule has 0 atom stereocenters. The summed E-state index contributed by atoms with van der Waals surface area (Å²) >= 11 is 0. The lowest BCUT2D eigenvalue weighted by Crippen LogP contribution is -2.39. The number of nitrogens with zero attached hydrogens (tertiary/aromatic N) is 4. The average Bonchev–Trinajstić information content (AvgIpc) is 2.92. The predicted octanol–water partition coefficient (Wildman–Crippen LogP) is 1.71. The van der Waals surface area contributed by atoms with Crippen LogP contribution in [-0.4, -0.2) is 32.0 Å². The Morgan fingerprint density at radius 1 is 1.12 bits per heavy atom. The number of nitrogens with one attached hydrogen (secondary N) is 1. The number of halogens is 4. The van der Waals surface area contributed by atoms with Gasteiger partial charge < -0.3 is 0 Å². The molecule has 0 unspecified atom stereocenters. The van der Waals surface area contributed by atoms with Crippen molar-refractivity contribution in [2.45, 2.75) is 26.6 Å². The Bertz CT molecular complexity index is 887. The molecule has 2 bridgehead atoms. The van der Waals surface area contributed by atoms with Crippen molar-refractivity contribution in [3.63, 3.8) is 0 Å². The Balaban J connectivity index is 2.53. The van der Waals surface area contributed by atoms with Crippen LogP contribution in [0.1, 0.15) is 38.8 Å². The summed E-state index contributed by atoms with van der Waals surface area (Å²) < 4.78 is 56.6. The van der Waals surface area contributed by atoms with Crippen molar-refractivity contribution in [2.75, 3.05) is 0 Å². The zero-order chi connectivity index (χ0) is 17.8. The maximum Gasteiger partial charge on any atom is 0.418 e. The van der Waals surface area contributed by atoms with E-state index in [0.29, 0.717) is 0 Å². The lowest BCUT2D eigenvalue weighted by molar-refractivity contribution is -0.137. The maximum atomic E-state index is 14.8. The highest BCUT2D eigenvalue weighted by atomic mass is 19.4. The number of hydrogen-bond donors (Lipinski definition) is 1. The van der Waals surface area contributed by atoms with Crippen LogP contribution < -0.4 is 5.32 Å². The Morgan fingerprint density at radius 3 is 2.33 bits per heavy atom. The lowest BCUT2D eigenvalue weighted by Gasteiger charge is -2.25. The van der Waals surface area contributed by atoms with Crippen molar-refractivity contribution in [3.8, 4) is 11.4 Å². The molecule has 11 heteroatoms. The molecule has 0 radical (unpaired) electrons. The largest absolute Gasteiger partial charge is 0.418 e. The van der Waals surface area contributed by atoms with Gasteiger partial charge in [0.1, 0.15) is 5.82 Å². The van der Waals surface area contributed by atoms with Gasteiger partial charge in [0.2, 0.25) is 0 Å². The molecule has 0 spiro atoms. The third kappa shape index (κ3) is 2.07. The Morgan fingerprint density at radius 2 is 1.75 bits per heavy atom. The second-order valence-corrected chi connectivity index (χ2v) is 5.04. The summed E-state index contributed by atoms with van der Waals surface area (Å²) in [6.07, 6.45) is -5.06. The molecule has 1 aromatic carbocycles. The summed E-state index contributed by atoms with van der Waals surface area (Å²) in [7, 11) is 0. The van der Waals surface area contributed by atoms with Crippen LogP contribution >= 0.6 is 0 Å². The Kier molecular flexibility index (Phi) is 3.39. The molecule has 0 aliphatic carbocycles. The van der Waals surface area contributed by atoms with Gasteiger partial charge in [0.05, 0.1) is 22.3 Å². The van der Waals surface area contributed by atoms with Gasteiger partial charge in [-0.25, -0.2) is 9.07 Å². The first-order chi connectivity index (χ1) is 11.2. The number of fused-ring (bicyclic) bond motifs is 2. The van der Waals surface area contributed by atoms with E-state index in [0.717, 1.165) is 11.6 Å². The minimum atomic E-state index is -5.06. The number of alkyl halides is 3. The molecule has 2 amide bonds. The van der Waals surface area contributed by atoms with E-state index in [1.165, 1.54) is 0 Å². The number of tetrazole rings is 1. The van der Waals surface area contributed by atoms with E-state index >= 15 is 0 Å². The number of benzene rings is 1. The highest BCUT2D eigenvalue weighted by molar-refractivity contribution is 6.18. The molecule has 126 valence electrons. The standard InChI is InChI=1S/C13H9F4N5O2/c1-3-22-10(19-20-21-22)7-8(13(15,16)17)5-4(2)6(9(7)14)12(24)18-11(5)23/h3H2,1-2H3,(H,18,23,24). The SMILES string of the molecule is CCn1nnnc1-c1c(F)c2c(C)c(c1C(F)(F)F)C(=O)NC2=O. The third-order valence-corrected chi connectivity index (χ3v) is 3.71. The maximum absolute atomic E-state index is 14.8. The summed E-state index contributed by atoms with van der Waals surface area (Å²) in [6.45, 7) is 2.70. The van der Waals surface area contributed by atoms with E-state index in [2.05, 4.69) is 15.5 Å². The van der Waals surface area contributed by atoms with Gasteiger partial charge in [-0.1, -0.05) is 0 Å². The quantitative estimate of drug-likeness (QED) is 0.662. The summed E-state index contributed by atoms with van der Waals surface area (Å²) in [5.74, 6) is -4.27. The van der Waals surface area contributed by atoms with E-state index < -0.39 is 51.9 Å². The van der Waals surface area contributed by atoms with E-state index in [1.54, 1.807) is 12.2 Å². The number of imide groups is 1. The van der Waals surface area contributed by atoms with Crippen LogP contribution in [0.4, 0.5) is 17.6 Å². The van der Waals surface area contributed by atoms with Crippen LogP contribution in [0, 0.1) is 12.7 Å². The molecule has 1 aromatic heterocycles. The number of aromatic nitrogens is 4. The van der Waals surface area contributed by atoms with Crippen molar-refractivity contribution in [3.05, 3.63) is 28.1 Å². The summed E-state index contributed by atoms with van der Waals surface area (Å²) in [4.78, 5) is 23.8. The van der Waals surface area contributed by atoms with E-state index in [9.17, 15) is 27.2 Å². The van der Waals surface area contributed by atoms with E-state index in [-0.39, 0.29) is 12.1 Å². The normalized spacial score (nSPS) is 14.1. The van der Waals surface area contributed by atoms with Gasteiger partial charge in [-0.05, 0) is 29.8 Å². The summed E-state index contributed by atoms with van der Waals surface area (Å²) in [5.41, 5.74) is -4.31. The number of amides is 2. The smallest absolute Gasteiger partial charge is 0.288 e. The fraction of sp³-hybridized carbons (Fsp3) is 0.308. The van der Waals surface area contributed by atoms with Gasteiger partial charge in [-0.3, -0.25) is 14.9 Å². The topological polar surface area (TPSA) is 89.8 Å². The number of rotatable bonds is 2. The first-order valence-corrected chi connectivity index (χ1v) is 6.73. The monoisotopic (exact) mass is 343 g/mol. The first kappa shape index (κ1) is 16.0. The molecular formula is C13H9F4N5O2. The van der Waals surface area contributed by atoms with E-state index in [1.807, 2.05) is 0 Å². The van der Waals surface area contributed by atoms with Crippen LogP contribution in [0.5, 0.6) is 0 Å².